The molecular weight excluding hydrogens is 224 g/mol. The lowest BCUT2D eigenvalue weighted by Crippen LogP contribution is -2.49. The van der Waals surface area contributed by atoms with Crippen molar-refractivity contribution in [3.8, 4) is 0 Å². The molecule has 0 amide bonds. The molecule has 0 spiro atoms. The second-order valence-corrected chi connectivity index (χ2v) is 6.25. The highest BCUT2D eigenvalue weighted by atomic mass is 16.3. The number of aliphatic hydroxyl groups excluding tert-OH is 1. The van der Waals surface area contributed by atoms with Crippen molar-refractivity contribution < 1.29 is 5.11 Å². The van der Waals surface area contributed by atoms with Crippen LogP contribution in [0.1, 0.15) is 60.8 Å². The van der Waals surface area contributed by atoms with E-state index in [0.717, 1.165) is 19.4 Å². The van der Waals surface area contributed by atoms with Crippen LogP contribution in [0.4, 0.5) is 0 Å². The molecule has 18 heavy (non-hydrogen) atoms. The van der Waals surface area contributed by atoms with Gasteiger partial charge in [0.2, 0.25) is 0 Å². The number of aliphatic hydroxyl groups is 1. The minimum atomic E-state index is -0.136. The van der Waals surface area contributed by atoms with Gasteiger partial charge < -0.3 is 15.3 Å². The Bertz CT molecular complexity index is 207. The van der Waals surface area contributed by atoms with Crippen LogP contribution in [0.2, 0.25) is 0 Å². The summed E-state index contributed by atoms with van der Waals surface area (Å²) in [6, 6.07) is 1.03. The van der Waals surface area contributed by atoms with Crippen LogP contribution in [0.15, 0.2) is 0 Å². The fourth-order valence-electron chi connectivity index (χ4n) is 2.48. The summed E-state index contributed by atoms with van der Waals surface area (Å²) in [7, 11) is 0. The lowest BCUT2D eigenvalue weighted by atomic mass is 9.95. The van der Waals surface area contributed by atoms with Gasteiger partial charge in [0.05, 0.1) is 6.61 Å². The predicted molar refractivity (Wildman–Crippen MR) is 80.0 cm³/mol. The van der Waals surface area contributed by atoms with Crippen molar-refractivity contribution in [3.63, 3.8) is 0 Å². The van der Waals surface area contributed by atoms with Crippen LogP contribution in [0.5, 0.6) is 0 Å². The van der Waals surface area contributed by atoms with Crippen LogP contribution in [-0.4, -0.2) is 47.3 Å². The Morgan fingerprint density at radius 2 is 1.78 bits per heavy atom. The van der Waals surface area contributed by atoms with Crippen molar-refractivity contribution in [3.05, 3.63) is 0 Å². The molecule has 0 saturated carbocycles. The zero-order valence-electron chi connectivity index (χ0n) is 13.3. The normalized spacial score (nSPS) is 15.7. The van der Waals surface area contributed by atoms with Crippen molar-refractivity contribution in [1.29, 1.82) is 0 Å². The Morgan fingerprint density at radius 1 is 1.17 bits per heavy atom. The van der Waals surface area contributed by atoms with Gasteiger partial charge in [0.1, 0.15) is 0 Å². The lowest BCUT2D eigenvalue weighted by Gasteiger charge is -2.33. The molecule has 0 aliphatic rings. The van der Waals surface area contributed by atoms with E-state index >= 15 is 0 Å². The van der Waals surface area contributed by atoms with Crippen molar-refractivity contribution in [1.82, 2.24) is 10.2 Å². The van der Waals surface area contributed by atoms with E-state index in [1.54, 1.807) is 0 Å². The molecule has 0 aliphatic carbocycles. The van der Waals surface area contributed by atoms with Crippen LogP contribution >= 0.6 is 0 Å². The predicted octanol–water partition coefficient (Wildman–Crippen LogP) is 2.64. The first-order valence-corrected chi connectivity index (χ1v) is 7.47. The Hall–Kier alpha value is -0.120. The highest BCUT2D eigenvalue weighted by molar-refractivity contribution is 4.84. The van der Waals surface area contributed by atoms with Gasteiger partial charge in [-0.25, -0.2) is 0 Å². The monoisotopic (exact) mass is 258 g/mol. The van der Waals surface area contributed by atoms with Gasteiger partial charge in [0.15, 0.2) is 0 Å². The third-order valence-corrected chi connectivity index (χ3v) is 3.40. The van der Waals surface area contributed by atoms with E-state index in [-0.39, 0.29) is 12.1 Å². The lowest BCUT2D eigenvalue weighted by molar-refractivity contribution is 0.143. The largest absolute Gasteiger partial charge is 0.394 e. The van der Waals surface area contributed by atoms with Gasteiger partial charge in [-0.05, 0) is 53.1 Å². The zero-order valence-corrected chi connectivity index (χ0v) is 13.3. The van der Waals surface area contributed by atoms with Crippen LogP contribution in [0, 0.1) is 0 Å². The quantitative estimate of drug-likeness (QED) is 0.632. The SMILES string of the molecule is CCCN(CCCC(C)(CO)NC(C)C)C(C)C. The number of hydrogen-bond acceptors (Lipinski definition) is 3. The highest BCUT2D eigenvalue weighted by Gasteiger charge is 2.23. The molecule has 0 bridgehead atoms. The van der Waals surface area contributed by atoms with E-state index in [2.05, 4.69) is 51.8 Å². The van der Waals surface area contributed by atoms with E-state index in [1.165, 1.54) is 13.0 Å². The first-order valence-electron chi connectivity index (χ1n) is 7.47. The summed E-state index contributed by atoms with van der Waals surface area (Å²) >= 11 is 0. The maximum absolute atomic E-state index is 9.54. The molecule has 0 aromatic rings. The van der Waals surface area contributed by atoms with Crippen LogP contribution < -0.4 is 5.32 Å². The van der Waals surface area contributed by atoms with Gasteiger partial charge in [0, 0.05) is 17.6 Å². The van der Waals surface area contributed by atoms with Crippen LogP contribution in [0.25, 0.3) is 0 Å². The maximum atomic E-state index is 9.54. The summed E-state index contributed by atoms with van der Waals surface area (Å²) in [4.78, 5) is 2.52. The average Bonchev–Trinajstić information content (AvgIpc) is 2.26. The third-order valence-electron chi connectivity index (χ3n) is 3.40. The van der Waals surface area contributed by atoms with E-state index in [4.69, 9.17) is 0 Å². The number of nitrogens with zero attached hydrogens (tertiary/aromatic N) is 1. The summed E-state index contributed by atoms with van der Waals surface area (Å²) in [5.41, 5.74) is -0.136. The van der Waals surface area contributed by atoms with E-state index < -0.39 is 0 Å². The Morgan fingerprint density at radius 3 is 2.17 bits per heavy atom. The molecule has 0 saturated heterocycles. The summed E-state index contributed by atoms with van der Waals surface area (Å²) in [5, 5.41) is 13.0. The number of hydrogen-bond donors (Lipinski definition) is 2. The van der Waals surface area contributed by atoms with Gasteiger partial charge in [-0.2, -0.15) is 0 Å². The molecule has 3 nitrogen and oxygen atoms in total. The fourth-order valence-corrected chi connectivity index (χ4v) is 2.48. The molecule has 3 heteroatoms. The third kappa shape index (κ3) is 7.34. The fraction of sp³-hybridized carbons (Fsp3) is 1.00. The Kier molecular flexibility index (Phi) is 8.83. The molecule has 0 aliphatic heterocycles. The molecule has 1 atom stereocenters. The second kappa shape index (κ2) is 8.89. The van der Waals surface area contributed by atoms with Gasteiger partial charge in [-0.1, -0.05) is 20.8 Å². The first kappa shape index (κ1) is 17.9. The second-order valence-electron chi connectivity index (χ2n) is 6.25. The zero-order chi connectivity index (χ0) is 14.2. The van der Waals surface area contributed by atoms with Crippen molar-refractivity contribution in [2.45, 2.75) is 78.4 Å². The summed E-state index contributed by atoms with van der Waals surface area (Å²) in [6.07, 6.45) is 3.36. The van der Waals surface area contributed by atoms with Gasteiger partial charge >= 0.3 is 0 Å². The van der Waals surface area contributed by atoms with E-state index in [1.807, 2.05) is 0 Å². The number of rotatable bonds is 10. The molecule has 0 heterocycles. The molecule has 1 unspecified atom stereocenters. The Labute approximate surface area is 114 Å². The van der Waals surface area contributed by atoms with Crippen molar-refractivity contribution >= 4 is 0 Å². The molecule has 0 aromatic carbocycles. The molecule has 0 fully saturated rings. The minimum Gasteiger partial charge on any atom is -0.394 e. The molecule has 0 aromatic heterocycles. The number of nitrogens with one attached hydrogen (secondary N) is 1. The van der Waals surface area contributed by atoms with Gasteiger partial charge in [-0.15, -0.1) is 0 Å². The van der Waals surface area contributed by atoms with Crippen molar-refractivity contribution in [2.24, 2.45) is 0 Å². The first-order chi connectivity index (χ1) is 8.34. The van der Waals surface area contributed by atoms with E-state index in [9.17, 15) is 5.11 Å². The van der Waals surface area contributed by atoms with Crippen molar-refractivity contribution in [2.75, 3.05) is 19.7 Å². The Balaban J connectivity index is 4.12. The molecular formula is C15H34N2O. The molecule has 110 valence electrons. The minimum absolute atomic E-state index is 0.136. The summed E-state index contributed by atoms with van der Waals surface area (Å²) in [5.74, 6) is 0. The molecule has 0 rings (SSSR count). The van der Waals surface area contributed by atoms with Crippen LogP contribution in [-0.2, 0) is 0 Å². The molecule has 0 radical (unpaired) electrons. The maximum Gasteiger partial charge on any atom is 0.0610 e. The average molecular weight is 258 g/mol. The highest BCUT2D eigenvalue weighted by Crippen LogP contribution is 2.14. The summed E-state index contributed by atoms with van der Waals surface area (Å²) < 4.78 is 0. The topological polar surface area (TPSA) is 35.5 Å². The standard InChI is InChI=1S/C15H34N2O/c1-7-10-17(14(4)5)11-8-9-15(6,12-18)16-13(2)3/h13-14,16,18H,7-12H2,1-6H3. The molecule has 2 N–H and O–H groups in total. The van der Waals surface area contributed by atoms with E-state index in [0.29, 0.717) is 12.1 Å². The summed E-state index contributed by atoms with van der Waals surface area (Å²) in [6.45, 7) is 15.6. The van der Waals surface area contributed by atoms with Gasteiger partial charge in [-0.3, -0.25) is 0 Å². The smallest absolute Gasteiger partial charge is 0.0610 e. The van der Waals surface area contributed by atoms with Gasteiger partial charge in [0.25, 0.3) is 0 Å². The van der Waals surface area contributed by atoms with Crippen LogP contribution in [0.3, 0.4) is 0 Å².